The maximum atomic E-state index is 11.0. The average Bonchev–Trinajstić information content (AvgIpc) is 2.38. The van der Waals surface area contributed by atoms with Crippen LogP contribution in [0, 0.1) is 0 Å². The van der Waals surface area contributed by atoms with Gasteiger partial charge in [0.15, 0.2) is 0 Å². The van der Waals surface area contributed by atoms with Gasteiger partial charge in [-0.2, -0.15) is 0 Å². The van der Waals surface area contributed by atoms with Gasteiger partial charge >= 0.3 is 5.97 Å². The third-order valence-corrected chi connectivity index (χ3v) is 2.72. The van der Waals surface area contributed by atoms with E-state index in [0.29, 0.717) is 0 Å². The van der Waals surface area contributed by atoms with Crippen LogP contribution in [0.25, 0.3) is 10.8 Å². The molecule has 1 unspecified atom stereocenters. The summed E-state index contributed by atoms with van der Waals surface area (Å²) in [4.78, 5) is 11.0. The molecule has 0 bridgehead atoms. The fourth-order valence-electron chi connectivity index (χ4n) is 1.82. The summed E-state index contributed by atoms with van der Waals surface area (Å²) in [6.45, 7) is 0.127. The molecule has 2 rings (SSSR count). The Balaban J connectivity index is 2.22. The molecule has 2 N–H and O–H groups in total. The van der Waals surface area contributed by atoms with Gasteiger partial charge in [-0.05, 0) is 22.9 Å². The lowest BCUT2D eigenvalue weighted by Crippen LogP contribution is -2.33. The van der Waals surface area contributed by atoms with Crippen molar-refractivity contribution >= 4 is 22.4 Å². The van der Waals surface area contributed by atoms with Crippen molar-refractivity contribution in [1.82, 2.24) is 0 Å². The number of hydrogen-bond acceptors (Lipinski definition) is 3. The molecule has 0 saturated carbocycles. The first-order valence-electron chi connectivity index (χ1n) is 5.68. The lowest BCUT2D eigenvalue weighted by molar-refractivity contribution is -0.139. The Labute approximate surface area is 105 Å². The number of hydrogen-bond donors (Lipinski definition) is 2. The predicted molar refractivity (Wildman–Crippen MR) is 70.9 cm³/mol. The van der Waals surface area contributed by atoms with E-state index in [0.717, 1.165) is 16.5 Å². The molecule has 0 heterocycles. The van der Waals surface area contributed by atoms with Crippen molar-refractivity contribution in [3.63, 3.8) is 0 Å². The monoisotopic (exact) mass is 245 g/mol. The SMILES string of the molecule is COCC(Nc1ccc2ccccc2c1)C(=O)O. The molecule has 0 fully saturated rings. The largest absolute Gasteiger partial charge is 0.480 e. The topological polar surface area (TPSA) is 58.6 Å². The van der Waals surface area contributed by atoms with Crippen LogP contribution in [0.4, 0.5) is 5.69 Å². The second-order valence-electron chi connectivity index (χ2n) is 4.05. The van der Waals surface area contributed by atoms with Gasteiger partial charge in [0.2, 0.25) is 0 Å². The third-order valence-electron chi connectivity index (χ3n) is 2.72. The minimum Gasteiger partial charge on any atom is -0.480 e. The quantitative estimate of drug-likeness (QED) is 0.849. The fraction of sp³-hybridized carbons (Fsp3) is 0.214. The predicted octanol–water partition coefficient (Wildman–Crippen LogP) is 2.35. The van der Waals surface area contributed by atoms with Crippen molar-refractivity contribution in [1.29, 1.82) is 0 Å². The minimum absolute atomic E-state index is 0.127. The number of ether oxygens (including phenoxy) is 1. The zero-order valence-corrected chi connectivity index (χ0v) is 10.1. The van der Waals surface area contributed by atoms with Crippen LogP contribution in [0.5, 0.6) is 0 Å². The molecule has 0 aliphatic rings. The number of benzene rings is 2. The molecule has 0 radical (unpaired) electrons. The number of methoxy groups -OCH3 is 1. The Morgan fingerprint density at radius 3 is 2.67 bits per heavy atom. The summed E-state index contributed by atoms with van der Waals surface area (Å²) in [6, 6.07) is 13.0. The summed E-state index contributed by atoms with van der Waals surface area (Å²) < 4.78 is 4.88. The second kappa shape index (κ2) is 5.51. The Morgan fingerprint density at radius 1 is 1.28 bits per heavy atom. The maximum absolute atomic E-state index is 11.0. The number of carboxylic acids is 1. The highest BCUT2D eigenvalue weighted by atomic mass is 16.5. The summed E-state index contributed by atoms with van der Waals surface area (Å²) in [5.74, 6) is -0.926. The summed E-state index contributed by atoms with van der Waals surface area (Å²) in [5.41, 5.74) is 0.776. The van der Waals surface area contributed by atoms with E-state index < -0.39 is 12.0 Å². The number of rotatable bonds is 5. The number of aliphatic carboxylic acids is 1. The van der Waals surface area contributed by atoms with E-state index >= 15 is 0 Å². The molecule has 0 aliphatic carbocycles. The van der Waals surface area contributed by atoms with Crippen LogP contribution in [-0.2, 0) is 9.53 Å². The van der Waals surface area contributed by atoms with Crippen molar-refractivity contribution < 1.29 is 14.6 Å². The molecular formula is C14H15NO3. The molecule has 0 aromatic heterocycles. The first-order chi connectivity index (χ1) is 8.70. The van der Waals surface area contributed by atoms with E-state index in [9.17, 15) is 4.79 Å². The van der Waals surface area contributed by atoms with E-state index in [1.807, 2.05) is 42.5 Å². The maximum Gasteiger partial charge on any atom is 0.328 e. The lowest BCUT2D eigenvalue weighted by Gasteiger charge is -2.15. The van der Waals surface area contributed by atoms with E-state index in [4.69, 9.17) is 9.84 Å². The van der Waals surface area contributed by atoms with Crippen LogP contribution in [0.1, 0.15) is 0 Å². The van der Waals surface area contributed by atoms with Crippen LogP contribution >= 0.6 is 0 Å². The van der Waals surface area contributed by atoms with Crippen LogP contribution in [0.2, 0.25) is 0 Å². The first-order valence-corrected chi connectivity index (χ1v) is 5.68. The molecule has 0 saturated heterocycles. The number of nitrogens with one attached hydrogen (secondary N) is 1. The highest BCUT2D eigenvalue weighted by Crippen LogP contribution is 2.19. The van der Waals surface area contributed by atoms with Gasteiger partial charge in [-0.25, -0.2) is 4.79 Å². The Hall–Kier alpha value is -2.07. The molecule has 18 heavy (non-hydrogen) atoms. The normalized spacial score (nSPS) is 12.3. The summed E-state index contributed by atoms with van der Waals surface area (Å²) >= 11 is 0. The summed E-state index contributed by atoms with van der Waals surface area (Å²) in [7, 11) is 1.48. The molecule has 0 amide bonds. The Kier molecular flexibility index (Phi) is 3.79. The Morgan fingerprint density at radius 2 is 2.00 bits per heavy atom. The van der Waals surface area contributed by atoms with Crippen LogP contribution in [0.15, 0.2) is 42.5 Å². The zero-order chi connectivity index (χ0) is 13.0. The molecule has 4 heteroatoms. The van der Waals surface area contributed by atoms with Gasteiger partial charge in [0.05, 0.1) is 6.61 Å². The summed E-state index contributed by atoms with van der Waals surface area (Å²) in [6.07, 6.45) is 0. The lowest BCUT2D eigenvalue weighted by atomic mass is 10.1. The number of carbonyl (C=O) groups is 1. The third kappa shape index (κ3) is 2.78. The van der Waals surface area contributed by atoms with Gasteiger partial charge in [0, 0.05) is 12.8 Å². The van der Waals surface area contributed by atoms with Gasteiger partial charge in [-0.15, -0.1) is 0 Å². The van der Waals surface area contributed by atoms with Gasteiger partial charge in [0.25, 0.3) is 0 Å². The highest BCUT2D eigenvalue weighted by molar-refractivity contribution is 5.86. The van der Waals surface area contributed by atoms with Gasteiger partial charge in [-0.1, -0.05) is 30.3 Å². The van der Waals surface area contributed by atoms with Gasteiger partial charge in [-0.3, -0.25) is 0 Å². The van der Waals surface area contributed by atoms with Crippen molar-refractivity contribution in [3.8, 4) is 0 Å². The summed E-state index contributed by atoms with van der Waals surface area (Å²) in [5, 5.41) is 14.2. The standard InChI is InChI=1S/C14H15NO3/c1-18-9-13(14(16)17)15-12-7-6-10-4-2-3-5-11(10)8-12/h2-8,13,15H,9H2,1H3,(H,16,17). The molecule has 1 atom stereocenters. The molecule has 0 aliphatic heterocycles. The Bertz CT molecular complexity index is 553. The number of carboxylic acid groups (broad SMARTS) is 1. The van der Waals surface area contributed by atoms with E-state index in [1.54, 1.807) is 0 Å². The van der Waals surface area contributed by atoms with Gasteiger partial charge in [0.1, 0.15) is 6.04 Å². The van der Waals surface area contributed by atoms with E-state index in [1.165, 1.54) is 7.11 Å². The van der Waals surface area contributed by atoms with Crippen molar-refractivity contribution in [2.75, 3.05) is 19.0 Å². The molecular weight excluding hydrogens is 230 g/mol. The van der Waals surface area contributed by atoms with E-state index in [2.05, 4.69) is 5.32 Å². The van der Waals surface area contributed by atoms with E-state index in [-0.39, 0.29) is 6.61 Å². The van der Waals surface area contributed by atoms with Gasteiger partial charge < -0.3 is 15.2 Å². The molecule has 94 valence electrons. The fourth-order valence-corrected chi connectivity index (χ4v) is 1.82. The van der Waals surface area contributed by atoms with Crippen LogP contribution in [0.3, 0.4) is 0 Å². The van der Waals surface area contributed by atoms with Crippen molar-refractivity contribution in [2.45, 2.75) is 6.04 Å². The molecule has 0 spiro atoms. The molecule has 2 aromatic carbocycles. The van der Waals surface area contributed by atoms with Crippen LogP contribution < -0.4 is 5.32 Å². The second-order valence-corrected chi connectivity index (χ2v) is 4.05. The first kappa shape index (κ1) is 12.4. The number of fused-ring (bicyclic) bond motifs is 1. The number of anilines is 1. The minimum atomic E-state index is -0.926. The van der Waals surface area contributed by atoms with Crippen LogP contribution in [-0.4, -0.2) is 30.8 Å². The molecule has 4 nitrogen and oxygen atoms in total. The smallest absolute Gasteiger partial charge is 0.328 e. The van der Waals surface area contributed by atoms with Crippen molar-refractivity contribution in [2.24, 2.45) is 0 Å². The zero-order valence-electron chi connectivity index (χ0n) is 10.1. The van der Waals surface area contributed by atoms with Crippen molar-refractivity contribution in [3.05, 3.63) is 42.5 Å². The average molecular weight is 245 g/mol. The molecule has 2 aromatic rings. The highest BCUT2D eigenvalue weighted by Gasteiger charge is 2.16.